The van der Waals surface area contributed by atoms with E-state index in [2.05, 4.69) is 49.4 Å². The fourth-order valence-corrected chi connectivity index (χ4v) is 4.05. The summed E-state index contributed by atoms with van der Waals surface area (Å²) in [6.45, 7) is 2.07. The first-order valence-electron chi connectivity index (χ1n) is 10.0. The van der Waals surface area contributed by atoms with E-state index in [9.17, 15) is 5.11 Å². The van der Waals surface area contributed by atoms with Crippen molar-refractivity contribution in [2.45, 2.75) is 45.1 Å². The van der Waals surface area contributed by atoms with E-state index in [-0.39, 0.29) is 13.2 Å². The summed E-state index contributed by atoms with van der Waals surface area (Å²) in [6, 6.07) is 18.8. The molecular formula is C24H30O3. The van der Waals surface area contributed by atoms with E-state index in [0.29, 0.717) is 11.7 Å². The van der Waals surface area contributed by atoms with Crippen LogP contribution in [0.15, 0.2) is 60.2 Å². The maximum absolute atomic E-state index is 9.45. The summed E-state index contributed by atoms with van der Waals surface area (Å²) in [5.74, 6) is 1.39. The van der Waals surface area contributed by atoms with Crippen LogP contribution in [-0.4, -0.2) is 29.5 Å². The van der Waals surface area contributed by atoms with Gasteiger partial charge in [-0.2, -0.15) is 0 Å². The van der Waals surface area contributed by atoms with E-state index in [1.807, 2.05) is 12.1 Å². The Labute approximate surface area is 162 Å². The molecule has 0 aromatic heterocycles. The fourth-order valence-electron chi connectivity index (χ4n) is 4.05. The topological polar surface area (TPSA) is 49.7 Å². The summed E-state index contributed by atoms with van der Waals surface area (Å²) in [5, 5.41) is 18.4. The molecule has 3 nitrogen and oxygen atoms in total. The van der Waals surface area contributed by atoms with Crippen LogP contribution in [0, 0.1) is 5.92 Å². The van der Waals surface area contributed by atoms with E-state index in [4.69, 9.17) is 9.84 Å². The maximum atomic E-state index is 9.45. The largest absolute Gasteiger partial charge is 0.491 e. The predicted octanol–water partition coefficient (Wildman–Crippen LogP) is 4.82. The first kappa shape index (κ1) is 19.7. The molecule has 0 spiro atoms. The molecule has 0 bridgehead atoms. The average molecular weight is 367 g/mol. The number of aliphatic hydroxyl groups is 2. The summed E-state index contributed by atoms with van der Waals surface area (Å²) in [5.41, 5.74) is 5.39. The molecule has 1 aliphatic carbocycles. The zero-order valence-corrected chi connectivity index (χ0v) is 16.1. The molecule has 2 aromatic rings. The number of aliphatic hydroxyl groups excluding tert-OH is 2. The molecule has 1 atom stereocenters. The van der Waals surface area contributed by atoms with Gasteiger partial charge >= 0.3 is 0 Å². The van der Waals surface area contributed by atoms with Crippen molar-refractivity contribution in [3.63, 3.8) is 0 Å². The smallest absolute Gasteiger partial charge is 0.119 e. The van der Waals surface area contributed by atoms with Gasteiger partial charge in [0.25, 0.3) is 0 Å². The van der Waals surface area contributed by atoms with Crippen molar-refractivity contribution in [2.24, 2.45) is 5.92 Å². The third kappa shape index (κ3) is 5.00. The van der Waals surface area contributed by atoms with Gasteiger partial charge in [-0.25, -0.2) is 0 Å². The van der Waals surface area contributed by atoms with Crippen LogP contribution in [-0.2, 0) is 0 Å². The van der Waals surface area contributed by atoms with Gasteiger partial charge in [0, 0.05) is 0 Å². The Balaban J connectivity index is 1.93. The van der Waals surface area contributed by atoms with Crippen molar-refractivity contribution in [3.05, 3.63) is 71.3 Å². The summed E-state index contributed by atoms with van der Waals surface area (Å²) in [6.07, 6.45) is 5.46. The third-order valence-corrected chi connectivity index (χ3v) is 5.41. The molecule has 1 fully saturated rings. The van der Waals surface area contributed by atoms with Crippen molar-refractivity contribution in [1.82, 2.24) is 0 Å². The number of rotatable bonds is 8. The van der Waals surface area contributed by atoms with Gasteiger partial charge in [-0.3, -0.25) is 0 Å². The Kier molecular flexibility index (Phi) is 7.08. The first-order chi connectivity index (χ1) is 13.2. The van der Waals surface area contributed by atoms with Gasteiger partial charge in [-0.15, -0.1) is 0 Å². The van der Waals surface area contributed by atoms with Crippen LogP contribution in [0.4, 0.5) is 0 Å². The molecule has 0 heterocycles. The van der Waals surface area contributed by atoms with Gasteiger partial charge < -0.3 is 14.9 Å². The third-order valence-electron chi connectivity index (χ3n) is 5.41. The quantitative estimate of drug-likeness (QED) is 0.704. The fraction of sp³-hybridized carbons (Fsp3) is 0.417. The summed E-state index contributed by atoms with van der Waals surface area (Å²) < 4.78 is 5.56. The second-order valence-electron chi connectivity index (χ2n) is 7.27. The summed E-state index contributed by atoms with van der Waals surface area (Å²) >= 11 is 0. The Morgan fingerprint density at radius 3 is 2.22 bits per heavy atom. The van der Waals surface area contributed by atoms with Crippen LogP contribution >= 0.6 is 0 Å². The molecule has 3 rings (SSSR count). The molecule has 2 N–H and O–H groups in total. The molecular weight excluding hydrogens is 336 g/mol. The number of allylic oxidation sites excluding steroid dienone is 1. The minimum absolute atomic E-state index is 0.0967. The summed E-state index contributed by atoms with van der Waals surface area (Å²) in [4.78, 5) is 0. The molecule has 0 amide bonds. The van der Waals surface area contributed by atoms with Crippen LogP contribution < -0.4 is 4.74 Å². The average Bonchev–Trinajstić information content (AvgIpc) is 3.25. The van der Waals surface area contributed by atoms with Crippen LogP contribution in [0.5, 0.6) is 5.75 Å². The molecule has 144 valence electrons. The molecule has 1 aliphatic rings. The van der Waals surface area contributed by atoms with Crippen LogP contribution in [0.2, 0.25) is 0 Å². The van der Waals surface area contributed by atoms with Crippen LogP contribution in [0.25, 0.3) is 5.57 Å². The second kappa shape index (κ2) is 9.72. The summed E-state index contributed by atoms with van der Waals surface area (Å²) in [7, 11) is 0. The zero-order valence-electron chi connectivity index (χ0n) is 16.1. The molecule has 1 saturated carbocycles. The monoisotopic (exact) mass is 366 g/mol. The molecule has 1 unspecified atom stereocenters. The zero-order chi connectivity index (χ0) is 19.1. The number of ether oxygens (including phenoxy) is 1. The normalized spacial score (nSPS) is 16.9. The van der Waals surface area contributed by atoms with Gasteiger partial charge in [0.05, 0.1) is 6.61 Å². The first-order valence-corrected chi connectivity index (χ1v) is 10.0. The number of hydrogen-bond donors (Lipinski definition) is 2. The second-order valence-corrected chi connectivity index (χ2v) is 7.27. The minimum atomic E-state index is -0.849. The molecule has 0 radical (unpaired) electrons. The molecule has 3 heteroatoms. The van der Waals surface area contributed by atoms with Crippen LogP contribution in [0.1, 0.15) is 50.2 Å². The molecule has 2 aromatic carbocycles. The maximum Gasteiger partial charge on any atom is 0.119 e. The minimum Gasteiger partial charge on any atom is -0.491 e. The number of benzene rings is 2. The van der Waals surface area contributed by atoms with Gasteiger partial charge in [-0.1, -0.05) is 67.8 Å². The highest BCUT2D eigenvalue weighted by Gasteiger charge is 2.22. The van der Waals surface area contributed by atoms with Crippen molar-refractivity contribution >= 4 is 5.57 Å². The van der Waals surface area contributed by atoms with E-state index in [1.165, 1.54) is 42.4 Å². The SMILES string of the molecule is CC/C(=C(/c1ccccc1)c1ccc(OCC(O)CO)cc1)C1CCCC1. The Morgan fingerprint density at radius 2 is 1.63 bits per heavy atom. The highest BCUT2D eigenvalue weighted by Crippen LogP contribution is 2.39. The lowest BCUT2D eigenvalue weighted by molar-refractivity contribution is 0.0536. The van der Waals surface area contributed by atoms with E-state index in [1.54, 1.807) is 5.57 Å². The Bertz CT molecular complexity index is 728. The van der Waals surface area contributed by atoms with Crippen molar-refractivity contribution in [2.75, 3.05) is 13.2 Å². The van der Waals surface area contributed by atoms with E-state index >= 15 is 0 Å². The lowest BCUT2D eigenvalue weighted by Gasteiger charge is -2.21. The lowest BCUT2D eigenvalue weighted by atomic mass is 9.84. The van der Waals surface area contributed by atoms with Gasteiger partial charge in [0.2, 0.25) is 0 Å². The lowest BCUT2D eigenvalue weighted by Crippen LogP contribution is -2.21. The van der Waals surface area contributed by atoms with Crippen molar-refractivity contribution < 1.29 is 14.9 Å². The highest BCUT2D eigenvalue weighted by atomic mass is 16.5. The standard InChI is InChI=1S/C24H30O3/c1-2-23(18-8-6-7-9-18)24(19-10-4-3-5-11-19)20-12-14-22(15-13-20)27-17-21(26)16-25/h3-5,10-15,18,21,25-26H,2,6-9,16-17H2,1H3/b24-23+. The van der Waals surface area contributed by atoms with Crippen LogP contribution in [0.3, 0.4) is 0 Å². The number of hydrogen-bond acceptors (Lipinski definition) is 3. The van der Waals surface area contributed by atoms with E-state index < -0.39 is 6.10 Å². The highest BCUT2D eigenvalue weighted by molar-refractivity contribution is 5.82. The van der Waals surface area contributed by atoms with Gasteiger partial charge in [0.1, 0.15) is 18.5 Å². The predicted molar refractivity (Wildman–Crippen MR) is 110 cm³/mol. The van der Waals surface area contributed by atoms with Crippen molar-refractivity contribution in [1.29, 1.82) is 0 Å². The molecule has 27 heavy (non-hydrogen) atoms. The van der Waals surface area contributed by atoms with Crippen molar-refractivity contribution in [3.8, 4) is 5.75 Å². The van der Waals surface area contributed by atoms with E-state index in [0.717, 1.165) is 6.42 Å². The molecule has 0 saturated heterocycles. The van der Waals surface area contributed by atoms with Gasteiger partial charge in [0.15, 0.2) is 0 Å². The van der Waals surface area contributed by atoms with Gasteiger partial charge in [-0.05, 0) is 54.0 Å². The Morgan fingerprint density at radius 1 is 1.00 bits per heavy atom. The Hall–Kier alpha value is -2.10. The molecule has 0 aliphatic heterocycles.